The fourth-order valence-electron chi connectivity index (χ4n) is 1.35. The summed E-state index contributed by atoms with van der Waals surface area (Å²) in [6, 6.07) is 4.42. The summed E-state index contributed by atoms with van der Waals surface area (Å²) in [5.41, 5.74) is 4.00. The molecule has 0 unspecified atom stereocenters. The van der Waals surface area contributed by atoms with Crippen LogP contribution in [0.2, 0.25) is 0 Å². The lowest BCUT2D eigenvalue weighted by Crippen LogP contribution is -2.43. The van der Waals surface area contributed by atoms with Gasteiger partial charge < -0.3 is 9.97 Å². The van der Waals surface area contributed by atoms with Crippen LogP contribution in [0, 0.1) is 0 Å². The van der Waals surface area contributed by atoms with Crippen LogP contribution in [0.5, 0.6) is 0 Å². The molecular weight excluding hydrogens is 316 g/mol. The number of pyridine rings is 1. The molecule has 0 spiro atoms. The summed E-state index contributed by atoms with van der Waals surface area (Å²) in [4.78, 5) is 39.7. The van der Waals surface area contributed by atoms with Gasteiger partial charge in [-0.15, -0.1) is 0 Å². The van der Waals surface area contributed by atoms with Crippen molar-refractivity contribution < 1.29 is 9.59 Å². The van der Waals surface area contributed by atoms with Gasteiger partial charge in [0.1, 0.15) is 11.3 Å². The van der Waals surface area contributed by atoms with Gasteiger partial charge in [0.15, 0.2) is 0 Å². The van der Waals surface area contributed by atoms with Crippen molar-refractivity contribution in [3.63, 3.8) is 0 Å². The Morgan fingerprint density at radius 2 is 1.89 bits per heavy atom. The van der Waals surface area contributed by atoms with E-state index in [1.165, 1.54) is 18.3 Å². The molecular formula is C11H9BrN4O3. The predicted molar refractivity (Wildman–Crippen MR) is 70.5 cm³/mol. The number of hydrazine groups is 1. The lowest BCUT2D eigenvalue weighted by molar-refractivity contribution is 0.0843. The smallest absolute Gasteiger partial charge is 0.286 e. The molecule has 2 amide bonds. The van der Waals surface area contributed by atoms with E-state index in [0.717, 1.165) is 0 Å². The molecule has 0 radical (unpaired) electrons. The molecule has 0 atom stereocenters. The van der Waals surface area contributed by atoms with Gasteiger partial charge in [-0.1, -0.05) is 0 Å². The number of hydrogen-bond acceptors (Lipinski definition) is 3. The summed E-state index contributed by atoms with van der Waals surface area (Å²) in [5, 5.41) is 0. The van der Waals surface area contributed by atoms with Crippen LogP contribution in [0.4, 0.5) is 0 Å². The van der Waals surface area contributed by atoms with Crippen LogP contribution in [-0.2, 0) is 0 Å². The minimum atomic E-state index is -0.694. The number of carbonyl (C=O) groups is 2. The number of carbonyl (C=O) groups excluding carboxylic acids is 2. The molecule has 19 heavy (non-hydrogen) atoms. The standard InChI is InChI=1S/C11H9BrN4O3/c12-6-4-8(14-5-6)11(19)16-15-10(18)7-2-1-3-13-9(7)17/h1-5,14H,(H,13,17)(H,15,18)(H,16,19). The normalized spacial score (nSPS) is 9.95. The third kappa shape index (κ3) is 3.10. The van der Waals surface area contributed by atoms with Crippen LogP contribution < -0.4 is 16.4 Å². The van der Waals surface area contributed by atoms with E-state index in [1.54, 1.807) is 12.3 Å². The predicted octanol–water partition coefficient (Wildman–Crippen LogP) is 0.540. The van der Waals surface area contributed by atoms with Crippen molar-refractivity contribution >= 4 is 27.7 Å². The van der Waals surface area contributed by atoms with E-state index in [9.17, 15) is 14.4 Å². The van der Waals surface area contributed by atoms with E-state index >= 15 is 0 Å². The van der Waals surface area contributed by atoms with E-state index in [1.807, 2.05) is 0 Å². The second-order valence-electron chi connectivity index (χ2n) is 3.55. The molecule has 0 aliphatic carbocycles. The van der Waals surface area contributed by atoms with Gasteiger partial charge in [0.05, 0.1) is 0 Å². The minimum absolute atomic E-state index is 0.0875. The van der Waals surface area contributed by atoms with Crippen molar-refractivity contribution in [1.82, 2.24) is 20.8 Å². The van der Waals surface area contributed by atoms with E-state index in [2.05, 4.69) is 36.7 Å². The second kappa shape index (κ2) is 5.53. The number of amides is 2. The lowest BCUT2D eigenvalue weighted by atomic mass is 10.3. The molecule has 4 N–H and O–H groups in total. The zero-order valence-electron chi connectivity index (χ0n) is 9.49. The number of H-pyrrole nitrogens is 2. The zero-order chi connectivity index (χ0) is 13.8. The fourth-order valence-corrected chi connectivity index (χ4v) is 1.69. The second-order valence-corrected chi connectivity index (χ2v) is 4.47. The van der Waals surface area contributed by atoms with Crippen molar-refractivity contribution in [2.24, 2.45) is 0 Å². The third-order valence-corrected chi connectivity index (χ3v) is 2.70. The largest absolute Gasteiger partial charge is 0.356 e. The van der Waals surface area contributed by atoms with E-state index in [4.69, 9.17) is 0 Å². The van der Waals surface area contributed by atoms with E-state index < -0.39 is 17.4 Å². The highest BCUT2D eigenvalue weighted by Gasteiger charge is 2.12. The van der Waals surface area contributed by atoms with E-state index in [0.29, 0.717) is 4.47 Å². The topological polar surface area (TPSA) is 107 Å². The Kier molecular flexibility index (Phi) is 3.81. The van der Waals surface area contributed by atoms with Gasteiger partial charge in [0.2, 0.25) is 0 Å². The summed E-state index contributed by atoms with van der Waals surface area (Å²) in [5.74, 6) is -1.22. The lowest BCUT2D eigenvalue weighted by Gasteiger charge is -2.05. The highest BCUT2D eigenvalue weighted by atomic mass is 79.9. The highest BCUT2D eigenvalue weighted by molar-refractivity contribution is 9.10. The Balaban J connectivity index is 2.00. The van der Waals surface area contributed by atoms with Crippen molar-refractivity contribution in [2.45, 2.75) is 0 Å². The number of aromatic amines is 2. The average Bonchev–Trinajstić information content (AvgIpc) is 2.83. The van der Waals surface area contributed by atoms with Gasteiger partial charge in [-0.25, -0.2) is 0 Å². The molecule has 0 bridgehead atoms. The summed E-state index contributed by atoms with van der Waals surface area (Å²) in [7, 11) is 0. The maximum atomic E-state index is 11.6. The molecule has 2 aromatic rings. The number of nitrogens with one attached hydrogen (secondary N) is 4. The van der Waals surface area contributed by atoms with Crippen molar-refractivity contribution in [3.05, 3.63) is 56.7 Å². The first-order valence-corrected chi connectivity index (χ1v) is 5.99. The van der Waals surface area contributed by atoms with Gasteiger partial charge in [0, 0.05) is 16.9 Å². The molecule has 0 fully saturated rings. The van der Waals surface area contributed by atoms with Gasteiger partial charge in [-0.05, 0) is 34.1 Å². The SMILES string of the molecule is O=C(NNC(=O)c1ccc[nH]c1=O)c1cc(Br)c[nH]1. The molecule has 8 heteroatoms. The van der Waals surface area contributed by atoms with Gasteiger partial charge in [-0.3, -0.25) is 25.2 Å². The summed E-state index contributed by atoms with van der Waals surface area (Å²) in [6.45, 7) is 0. The van der Waals surface area contributed by atoms with Gasteiger partial charge >= 0.3 is 0 Å². The fraction of sp³-hybridized carbons (Fsp3) is 0. The van der Waals surface area contributed by atoms with E-state index in [-0.39, 0.29) is 11.3 Å². The Hall–Kier alpha value is -2.35. The highest BCUT2D eigenvalue weighted by Crippen LogP contribution is 2.09. The van der Waals surface area contributed by atoms with Crippen LogP contribution in [0.15, 0.2) is 39.9 Å². The monoisotopic (exact) mass is 324 g/mol. The molecule has 2 aromatic heterocycles. The summed E-state index contributed by atoms with van der Waals surface area (Å²) in [6.07, 6.45) is 2.99. The van der Waals surface area contributed by atoms with Gasteiger partial charge in [0.25, 0.3) is 17.4 Å². The number of aromatic nitrogens is 2. The molecule has 0 saturated carbocycles. The molecule has 7 nitrogen and oxygen atoms in total. The molecule has 0 aromatic carbocycles. The minimum Gasteiger partial charge on any atom is -0.356 e. The Labute approximate surface area is 115 Å². The molecule has 0 aliphatic rings. The first kappa shape index (κ1) is 13.1. The maximum absolute atomic E-state index is 11.6. The molecule has 0 saturated heterocycles. The molecule has 2 rings (SSSR count). The number of halogens is 1. The van der Waals surface area contributed by atoms with Crippen LogP contribution in [0.25, 0.3) is 0 Å². The molecule has 0 aliphatic heterocycles. The van der Waals surface area contributed by atoms with Crippen molar-refractivity contribution in [3.8, 4) is 0 Å². The van der Waals surface area contributed by atoms with Crippen LogP contribution in [-0.4, -0.2) is 21.8 Å². The molecule has 2 heterocycles. The quantitative estimate of drug-likeness (QED) is 0.605. The summed E-state index contributed by atoms with van der Waals surface area (Å²) < 4.78 is 0.712. The maximum Gasteiger partial charge on any atom is 0.286 e. The van der Waals surface area contributed by atoms with Crippen LogP contribution >= 0.6 is 15.9 Å². The van der Waals surface area contributed by atoms with Crippen molar-refractivity contribution in [1.29, 1.82) is 0 Å². The van der Waals surface area contributed by atoms with Crippen molar-refractivity contribution in [2.75, 3.05) is 0 Å². The first-order valence-electron chi connectivity index (χ1n) is 5.20. The Morgan fingerprint density at radius 3 is 2.53 bits per heavy atom. The summed E-state index contributed by atoms with van der Waals surface area (Å²) >= 11 is 3.18. The Bertz CT molecular complexity index is 676. The zero-order valence-corrected chi connectivity index (χ0v) is 11.1. The number of rotatable bonds is 2. The number of hydrogen-bond donors (Lipinski definition) is 4. The third-order valence-electron chi connectivity index (χ3n) is 2.24. The Morgan fingerprint density at radius 1 is 1.16 bits per heavy atom. The van der Waals surface area contributed by atoms with Crippen LogP contribution in [0.1, 0.15) is 20.8 Å². The first-order chi connectivity index (χ1) is 9.08. The average molecular weight is 325 g/mol. The van der Waals surface area contributed by atoms with Gasteiger partial charge in [-0.2, -0.15) is 0 Å². The molecule has 98 valence electrons. The van der Waals surface area contributed by atoms with Crippen LogP contribution in [0.3, 0.4) is 0 Å².